The van der Waals surface area contributed by atoms with Gasteiger partial charge in [-0.3, -0.25) is 9.78 Å². The van der Waals surface area contributed by atoms with Crippen LogP contribution in [0.2, 0.25) is 0 Å². The summed E-state index contributed by atoms with van der Waals surface area (Å²) in [4.78, 5) is 18.1. The molecular weight excluding hydrogens is 260 g/mol. The Bertz CT molecular complexity index is 480. The van der Waals surface area contributed by atoms with Gasteiger partial charge in [-0.05, 0) is 18.6 Å². The number of aryl methyl sites for hydroxylation is 1. The predicted molar refractivity (Wildman–Crippen MR) is 72.5 cm³/mol. The normalized spacial score (nSPS) is 26.3. The number of amides is 1. The maximum atomic E-state index is 12.5. The first-order valence-electron chi connectivity index (χ1n) is 6.53. The van der Waals surface area contributed by atoms with Gasteiger partial charge in [0.15, 0.2) is 0 Å². The zero-order valence-electron chi connectivity index (χ0n) is 11.9. The van der Waals surface area contributed by atoms with Gasteiger partial charge >= 0.3 is 0 Å². The van der Waals surface area contributed by atoms with Crippen LogP contribution >= 0.6 is 0 Å². The van der Waals surface area contributed by atoms with E-state index in [1.807, 2.05) is 13.0 Å². The van der Waals surface area contributed by atoms with Gasteiger partial charge in [0.25, 0.3) is 5.91 Å². The van der Waals surface area contributed by atoms with Crippen LogP contribution in [-0.2, 0) is 9.47 Å². The van der Waals surface area contributed by atoms with Crippen LogP contribution in [0.15, 0.2) is 18.3 Å². The van der Waals surface area contributed by atoms with E-state index in [4.69, 9.17) is 9.47 Å². The van der Waals surface area contributed by atoms with E-state index in [1.165, 1.54) is 12.0 Å². The van der Waals surface area contributed by atoms with Crippen LogP contribution in [0.4, 0.5) is 0 Å². The summed E-state index contributed by atoms with van der Waals surface area (Å²) in [5.74, 6) is -0.229. The number of hydrogen-bond acceptors (Lipinski definition) is 5. The van der Waals surface area contributed by atoms with Crippen LogP contribution in [0.3, 0.4) is 0 Å². The standard InChI is InChI=1S/C14H20N2O4/c1-9-5-4-6-15-12(9)14(18)16(2)10-7-20-8-11(19-3)13(10)17/h4-6,10-11,13,17H,7-8H2,1-3H3/t10-,11-,13+/m1/s1. The third-order valence-electron chi connectivity index (χ3n) is 3.68. The summed E-state index contributed by atoms with van der Waals surface area (Å²) < 4.78 is 10.6. The number of nitrogens with zero attached hydrogens (tertiary/aromatic N) is 2. The van der Waals surface area contributed by atoms with E-state index in [1.54, 1.807) is 19.3 Å². The summed E-state index contributed by atoms with van der Waals surface area (Å²) >= 11 is 0. The largest absolute Gasteiger partial charge is 0.388 e. The van der Waals surface area contributed by atoms with E-state index < -0.39 is 18.2 Å². The zero-order valence-corrected chi connectivity index (χ0v) is 11.9. The predicted octanol–water partition coefficient (Wildman–Crippen LogP) is 0.237. The Morgan fingerprint density at radius 2 is 2.30 bits per heavy atom. The minimum absolute atomic E-state index is 0.229. The lowest BCUT2D eigenvalue weighted by molar-refractivity contribution is -0.135. The monoisotopic (exact) mass is 280 g/mol. The molecule has 20 heavy (non-hydrogen) atoms. The Balaban J connectivity index is 2.16. The molecule has 1 fully saturated rings. The highest BCUT2D eigenvalue weighted by Crippen LogP contribution is 2.18. The van der Waals surface area contributed by atoms with Crippen molar-refractivity contribution in [3.63, 3.8) is 0 Å². The Morgan fingerprint density at radius 1 is 1.55 bits per heavy atom. The summed E-state index contributed by atoms with van der Waals surface area (Å²) in [6.07, 6.45) is 0.389. The Hall–Kier alpha value is -1.50. The molecule has 1 aromatic heterocycles. The number of likely N-dealkylation sites (N-methyl/N-ethyl adjacent to an activating group) is 1. The summed E-state index contributed by atoms with van der Waals surface area (Å²) in [5, 5.41) is 10.2. The molecule has 0 saturated carbocycles. The number of rotatable bonds is 3. The lowest BCUT2D eigenvalue weighted by atomic mass is 10.0. The second-order valence-corrected chi connectivity index (χ2v) is 4.95. The van der Waals surface area contributed by atoms with Gasteiger partial charge in [-0.1, -0.05) is 6.07 Å². The van der Waals surface area contributed by atoms with Crippen LogP contribution in [0.1, 0.15) is 16.1 Å². The molecule has 0 aromatic carbocycles. The molecule has 0 aliphatic carbocycles. The van der Waals surface area contributed by atoms with Gasteiger partial charge in [0.05, 0.1) is 19.3 Å². The molecule has 2 heterocycles. The second kappa shape index (κ2) is 6.30. The molecule has 0 radical (unpaired) electrons. The Labute approximate surface area is 118 Å². The van der Waals surface area contributed by atoms with Gasteiger partial charge < -0.3 is 19.5 Å². The fraction of sp³-hybridized carbons (Fsp3) is 0.571. The van der Waals surface area contributed by atoms with E-state index in [9.17, 15) is 9.90 Å². The van der Waals surface area contributed by atoms with Crippen LogP contribution in [0.5, 0.6) is 0 Å². The first-order valence-corrected chi connectivity index (χ1v) is 6.53. The number of carbonyl (C=O) groups is 1. The third kappa shape index (κ3) is 2.82. The number of aliphatic hydroxyl groups excluding tert-OH is 1. The first kappa shape index (κ1) is 14.9. The molecule has 110 valence electrons. The van der Waals surface area contributed by atoms with Gasteiger partial charge in [-0.25, -0.2) is 0 Å². The molecule has 2 rings (SSSR count). The maximum absolute atomic E-state index is 12.5. The second-order valence-electron chi connectivity index (χ2n) is 4.95. The number of hydrogen-bond donors (Lipinski definition) is 1. The number of carbonyl (C=O) groups excluding carboxylic acids is 1. The van der Waals surface area contributed by atoms with Crippen LogP contribution < -0.4 is 0 Å². The molecule has 1 N–H and O–H groups in total. The van der Waals surface area contributed by atoms with Crippen molar-refractivity contribution in [2.45, 2.75) is 25.2 Å². The lowest BCUT2D eigenvalue weighted by Crippen LogP contribution is -2.56. The molecule has 1 aliphatic heterocycles. The van der Waals surface area contributed by atoms with Gasteiger partial charge in [0.1, 0.15) is 17.9 Å². The molecule has 1 saturated heterocycles. The van der Waals surface area contributed by atoms with E-state index in [2.05, 4.69) is 4.98 Å². The van der Waals surface area contributed by atoms with Crippen LogP contribution in [0.25, 0.3) is 0 Å². The Morgan fingerprint density at radius 3 is 2.95 bits per heavy atom. The van der Waals surface area contributed by atoms with Crippen molar-refractivity contribution in [2.75, 3.05) is 27.4 Å². The van der Waals surface area contributed by atoms with Gasteiger partial charge in [-0.15, -0.1) is 0 Å². The number of pyridine rings is 1. The van der Waals surface area contributed by atoms with Gasteiger partial charge in [-0.2, -0.15) is 0 Å². The van der Waals surface area contributed by atoms with E-state index in [0.29, 0.717) is 12.3 Å². The third-order valence-corrected chi connectivity index (χ3v) is 3.68. The van der Waals surface area contributed by atoms with Crippen molar-refractivity contribution in [1.29, 1.82) is 0 Å². The number of aromatic nitrogens is 1. The average Bonchev–Trinajstić information content (AvgIpc) is 2.46. The molecule has 1 aliphatic rings. The van der Waals surface area contributed by atoms with Gasteiger partial charge in [0, 0.05) is 20.4 Å². The fourth-order valence-corrected chi connectivity index (χ4v) is 2.33. The maximum Gasteiger partial charge on any atom is 0.272 e. The summed E-state index contributed by atoms with van der Waals surface area (Å²) in [6, 6.07) is 3.17. The quantitative estimate of drug-likeness (QED) is 0.858. The van der Waals surface area contributed by atoms with Crippen molar-refractivity contribution in [1.82, 2.24) is 9.88 Å². The molecule has 0 bridgehead atoms. The Kier molecular flexibility index (Phi) is 4.69. The SMILES string of the molecule is CO[C@@H]1COC[C@@H](N(C)C(=O)c2ncccc2C)[C@@H]1O. The molecule has 1 aromatic rings. The highest BCUT2D eigenvalue weighted by Gasteiger charge is 2.37. The molecule has 6 heteroatoms. The first-order chi connectivity index (χ1) is 9.56. The van der Waals surface area contributed by atoms with E-state index in [-0.39, 0.29) is 12.5 Å². The summed E-state index contributed by atoms with van der Waals surface area (Å²) in [7, 11) is 3.16. The molecule has 0 spiro atoms. The topological polar surface area (TPSA) is 71.9 Å². The minimum atomic E-state index is -0.772. The highest BCUT2D eigenvalue weighted by molar-refractivity contribution is 5.93. The van der Waals surface area contributed by atoms with Crippen molar-refractivity contribution in [3.8, 4) is 0 Å². The minimum Gasteiger partial charge on any atom is -0.388 e. The van der Waals surface area contributed by atoms with Gasteiger partial charge in [0.2, 0.25) is 0 Å². The molecule has 1 amide bonds. The lowest BCUT2D eigenvalue weighted by Gasteiger charge is -2.38. The fourth-order valence-electron chi connectivity index (χ4n) is 2.33. The molecular formula is C14H20N2O4. The van der Waals surface area contributed by atoms with Crippen LogP contribution in [0, 0.1) is 6.92 Å². The van der Waals surface area contributed by atoms with Crippen molar-refractivity contribution >= 4 is 5.91 Å². The zero-order chi connectivity index (χ0) is 14.7. The number of aliphatic hydroxyl groups is 1. The molecule has 0 unspecified atom stereocenters. The van der Waals surface area contributed by atoms with Crippen molar-refractivity contribution < 1.29 is 19.4 Å². The van der Waals surface area contributed by atoms with Crippen LogP contribution in [-0.4, -0.2) is 66.5 Å². The van der Waals surface area contributed by atoms with Crippen molar-refractivity contribution in [3.05, 3.63) is 29.6 Å². The smallest absolute Gasteiger partial charge is 0.272 e. The molecule has 6 nitrogen and oxygen atoms in total. The highest BCUT2D eigenvalue weighted by atomic mass is 16.5. The number of ether oxygens (including phenoxy) is 2. The summed E-state index contributed by atoms with van der Waals surface area (Å²) in [6.45, 7) is 2.45. The average molecular weight is 280 g/mol. The van der Waals surface area contributed by atoms with E-state index >= 15 is 0 Å². The molecule has 3 atom stereocenters. The van der Waals surface area contributed by atoms with E-state index in [0.717, 1.165) is 5.56 Å². The number of methoxy groups -OCH3 is 1. The summed E-state index contributed by atoms with van der Waals surface area (Å²) in [5.41, 5.74) is 1.19. The van der Waals surface area contributed by atoms with Crippen molar-refractivity contribution in [2.24, 2.45) is 0 Å².